The van der Waals surface area contributed by atoms with E-state index in [0.717, 1.165) is 0 Å². The highest BCUT2D eigenvalue weighted by Crippen LogP contribution is 2.31. The Labute approximate surface area is 142 Å². The van der Waals surface area contributed by atoms with E-state index in [2.05, 4.69) is 14.4 Å². The smallest absolute Gasteiger partial charge is 0.283 e. The number of nitrogens with one attached hydrogen (secondary N) is 1. The minimum Gasteiger partial charge on any atom is -0.309 e. The van der Waals surface area contributed by atoms with E-state index in [9.17, 15) is 18.5 Å². The van der Waals surface area contributed by atoms with Gasteiger partial charge >= 0.3 is 0 Å². The summed E-state index contributed by atoms with van der Waals surface area (Å²) in [6.07, 6.45) is 0. The van der Waals surface area contributed by atoms with Crippen LogP contribution in [0.5, 0.6) is 0 Å². The third kappa shape index (κ3) is 2.33. The molecular formula is C17H10N4O3S. The topological polar surface area (TPSA) is 116 Å². The van der Waals surface area contributed by atoms with E-state index in [1.54, 1.807) is 42.5 Å². The summed E-state index contributed by atoms with van der Waals surface area (Å²) in [7, 11) is -3.85. The summed E-state index contributed by atoms with van der Waals surface area (Å²) in [6.45, 7) is 0. The maximum Gasteiger partial charge on any atom is 0.283 e. The van der Waals surface area contributed by atoms with Crippen LogP contribution < -0.4 is 5.56 Å². The molecule has 0 bridgehead atoms. The average molecular weight is 350 g/mol. The fourth-order valence-electron chi connectivity index (χ4n) is 2.83. The fourth-order valence-corrected chi connectivity index (χ4v) is 4.09. The Hall–Kier alpha value is -3.31. The molecule has 3 aromatic rings. The number of nitrogens with zero attached hydrogens (tertiary/aromatic N) is 3. The van der Waals surface area contributed by atoms with Crippen molar-refractivity contribution < 1.29 is 8.42 Å². The van der Waals surface area contributed by atoms with E-state index in [0.29, 0.717) is 16.5 Å². The van der Waals surface area contributed by atoms with Crippen molar-refractivity contribution in [1.29, 1.82) is 5.26 Å². The molecule has 0 amide bonds. The van der Waals surface area contributed by atoms with Crippen LogP contribution in [0, 0.1) is 11.3 Å². The largest absolute Gasteiger partial charge is 0.309 e. The summed E-state index contributed by atoms with van der Waals surface area (Å²) < 4.78 is 28.2. The second-order valence-electron chi connectivity index (χ2n) is 5.48. The fraction of sp³-hybridized carbons (Fsp3) is 0.0588. The van der Waals surface area contributed by atoms with Crippen LogP contribution >= 0.6 is 0 Å². The molecule has 25 heavy (non-hydrogen) atoms. The number of aromatic amines is 1. The standard InChI is InChI=1S/C17H10N4O3S/c18-9-12(15-11-6-2-4-8-14(11)25(23,24)21-15)16-19-13-7-3-1-5-10(13)17(22)20-16/h1-8,12H,(H,19,20,22)/t12-/m0/s1. The third-order valence-electron chi connectivity index (χ3n) is 3.97. The van der Waals surface area contributed by atoms with Crippen molar-refractivity contribution in [2.45, 2.75) is 10.8 Å². The lowest BCUT2D eigenvalue weighted by molar-refractivity contribution is 0.599. The summed E-state index contributed by atoms with van der Waals surface area (Å²) in [5.41, 5.74) is 0.452. The van der Waals surface area contributed by atoms with Gasteiger partial charge in [0.05, 0.1) is 27.6 Å². The first-order valence-electron chi connectivity index (χ1n) is 7.34. The number of H-pyrrole nitrogens is 1. The number of hydrogen-bond donors (Lipinski definition) is 1. The predicted octanol–water partition coefficient (Wildman–Crippen LogP) is 1.72. The van der Waals surface area contributed by atoms with E-state index in [4.69, 9.17) is 0 Å². The van der Waals surface area contributed by atoms with Crippen LogP contribution in [0.1, 0.15) is 17.3 Å². The van der Waals surface area contributed by atoms with Crippen molar-refractivity contribution in [1.82, 2.24) is 9.97 Å². The molecule has 122 valence electrons. The van der Waals surface area contributed by atoms with Crippen molar-refractivity contribution in [2.75, 3.05) is 0 Å². The summed E-state index contributed by atoms with van der Waals surface area (Å²) >= 11 is 0. The van der Waals surface area contributed by atoms with Crippen LogP contribution in [0.15, 0.2) is 62.6 Å². The Morgan fingerprint density at radius 3 is 2.60 bits per heavy atom. The summed E-state index contributed by atoms with van der Waals surface area (Å²) in [4.78, 5) is 19.2. The zero-order chi connectivity index (χ0) is 17.6. The number of fused-ring (bicyclic) bond motifs is 2. The number of benzene rings is 2. The first-order chi connectivity index (χ1) is 12.0. The molecule has 1 aromatic heterocycles. The Balaban J connectivity index is 1.94. The molecule has 1 aliphatic heterocycles. The van der Waals surface area contributed by atoms with E-state index in [-0.39, 0.29) is 16.4 Å². The van der Waals surface area contributed by atoms with Gasteiger partial charge in [-0.2, -0.15) is 18.1 Å². The predicted molar refractivity (Wildman–Crippen MR) is 90.9 cm³/mol. The SMILES string of the molecule is N#C[C@@H](C1=NS(=O)(=O)c2ccccc21)c1nc2ccccc2c(=O)[nH]1. The van der Waals surface area contributed by atoms with Gasteiger partial charge in [0.25, 0.3) is 15.6 Å². The summed E-state index contributed by atoms with van der Waals surface area (Å²) in [5, 5.41) is 10.0. The molecule has 0 aliphatic carbocycles. The molecule has 1 aliphatic rings. The van der Waals surface area contributed by atoms with Gasteiger partial charge in [0, 0.05) is 5.56 Å². The Morgan fingerprint density at radius 1 is 1.08 bits per heavy atom. The van der Waals surface area contributed by atoms with Crippen molar-refractivity contribution in [3.63, 3.8) is 0 Å². The number of sulfonamides is 1. The minimum absolute atomic E-state index is 0.0494. The molecule has 8 heteroatoms. The number of aromatic nitrogens is 2. The van der Waals surface area contributed by atoms with Crippen LogP contribution in [0.4, 0.5) is 0 Å². The van der Waals surface area contributed by atoms with Crippen LogP contribution in [0.25, 0.3) is 10.9 Å². The van der Waals surface area contributed by atoms with Crippen LogP contribution in [0.3, 0.4) is 0 Å². The Kier molecular flexibility index (Phi) is 3.26. The second kappa shape index (κ2) is 5.36. The van der Waals surface area contributed by atoms with E-state index >= 15 is 0 Å². The maximum atomic E-state index is 12.2. The molecule has 4 rings (SSSR count). The normalized spacial score (nSPS) is 16.0. The Bertz CT molecular complexity index is 1250. The van der Waals surface area contributed by atoms with Crippen molar-refractivity contribution in [3.05, 3.63) is 70.3 Å². The number of hydrogen-bond acceptors (Lipinski definition) is 5. The van der Waals surface area contributed by atoms with E-state index < -0.39 is 21.5 Å². The highest BCUT2D eigenvalue weighted by atomic mass is 32.2. The molecule has 2 aromatic carbocycles. The van der Waals surface area contributed by atoms with Gasteiger partial charge in [-0.15, -0.1) is 0 Å². The highest BCUT2D eigenvalue weighted by molar-refractivity contribution is 7.90. The molecule has 0 radical (unpaired) electrons. The van der Waals surface area contributed by atoms with Gasteiger partial charge in [-0.05, 0) is 18.2 Å². The van der Waals surface area contributed by atoms with E-state index in [1.165, 1.54) is 6.07 Å². The van der Waals surface area contributed by atoms with Crippen molar-refractivity contribution in [2.24, 2.45) is 4.40 Å². The van der Waals surface area contributed by atoms with Gasteiger partial charge in [0.15, 0.2) is 0 Å². The monoisotopic (exact) mass is 350 g/mol. The number of nitriles is 1. The van der Waals surface area contributed by atoms with Crippen LogP contribution in [-0.4, -0.2) is 24.1 Å². The van der Waals surface area contributed by atoms with Gasteiger partial charge in [-0.25, -0.2) is 4.98 Å². The first kappa shape index (κ1) is 15.2. The molecule has 1 atom stereocenters. The molecule has 7 nitrogen and oxygen atoms in total. The molecule has 1 N–H and O–H groups in total. The van der Waals surface area contributed by atoms with Crippen LogP contribution in [-0.2, 0) is 10.0 Å². The summed E-state index contributed by atoms with van der Waals surface area (Å²) in [5.74, 6) is -1.03. The molecular weight excluding hydrogens is 340 g/mol. The average Bonchev–Trinajstić information content (AvgIpc) is 2.88. The number of rotatable bonds is 2. The lowest BCUT2D eigenvalue weighted by atomic mass is 9.97. The van der Waals surface area contributed by atoms with Gasteiger partial charge in [0.1, 0.15) is 11.7 Å². The second-order valence-corrected chi connectivity index (χ2v) is 7.05. The van der Waals surface area contributed by atoms with Gasteiger partial charge in [-0.1, -0.05) is 30.3 Å². The van der Waals surface area contributed by atoms with Gasteiger partial charge in [0.2, 0.25) is 0 Å². The van der Waals surface area contributed by atoms with E-state index in [1.807, 2.05) is 6.07 Å². The van der Waals surface area contributed by atoms with Gasteiger partial charge in [-0.3, -0.25) is 4.79 Å². The molecule has 2 heterocycles. The molecule has 0 saturated heterocycles. The quantitative estimate of drug-likeness (QED) is 0.755. The lowest BCUT2D eigenvalue weighted by Gasteiger charge is -2.09. The Morgan fingerprint density at radius 2 is 1.80 bits per heavy atom. The first-order valence-corrected chi connectivity index (χ1v) is 8.78. The molecule has 0 saturated carbocycles. The molecule has 0 spiro atoms. The zero-order valence-corrected chi connectivity index (χ0v) is 13.5. The maximum absolute atomic E-state index is 12.2. The number of para-hydroxylation sites is 1. The zero-order valence-electron chi connectivity index (χ0n) is 12.7. The van der Waals surface area contributed by atoms with Crippen molar-refractivity contribution in [3.8, 4) is 6.07 Å². The minimum atomic E-state index is -3.85. The molecule has 0 unspecified atom stereocenters. The lowest BCUT2D eigenvalue weighted by Crippen LogP contribution is -2.19. The van der Waals surface area contributed by atoms with Gasteiger partial charge < -0.3 is 4.98 Å². The van der Waals surface area contributed by atoms with Crippen molar-refractivity contribution >= 4 is 26.6 Å². The molecule has 0 fully saturated rings. The van der Waals surface area contributed by atoms with Crippen LogP contribution in [0.2, 0.25) is 0 Å². The highest BCUT2D eigenvalue weighted by Gasteiger charge is 2.34. The summed E-state index contributed by atoms with van der Waals surface area (Å²) in [6, 6.07) is 15.0. The third-order valence-corrected chi connectivity index (χ3v) is 5.32.